The summed E-state index contributed by atoms with van der Waals surface area (Å²) in [4.78, 5) is 0. The molecule has 2 heterocycles. The fraction of sp³-hybridized carbons (Fsp3) is 0.438. The van der Waals surface area contributed by atoms with E-state index < -0.39 is 10.8 Å². The van der Waals surface area contributed by atoms with Crippen LogP contribution in [-0.4, -0.2) is 31.5 Å². The number of rotatable bonds is 4. The number of hydrogen-bond donors (Lipinski definition) is 1. The summed E-state index contributed by atoms with van der Waals surface area (Å²) in [6, 6.07) is 10.9. The van der Waals surface area contributed by atoms with Crippen molar-refractivity contribution in [1.82, 2.24) is 15.1 Å². The highest BCUT2D eigenvalue weighted by Gasteiger charge is 2.20. The molecule has 1 unspecified atom stereocenters. The van der Waals surface area contributed by atoms with E-state index in [1.165, 1.54) is 5.56 Å². The maximum atomic E-state index is 11.4. The van der Waals surface area contributed by atoms with Crippen LogP contribution in [0.25, 0.3) is 5.69 Å². The normalized spacial score (nSPS) is 23.9. The molecule has 0 spiro atoms. The minimum absolute atomic E-state index is 0.263. The third-order valence-corrected chi connectivity index (χ3v) is 5.38. The van der Waals surface area contributed by atoms with Crippen molar-refractivity contribution in [1.29, 1.82) is 0 Å². The first-order valence-corrected chi connectivity index (χ1v) is 8.92. The second-order valence-electron chi connectivity index (χ2n) is 5.56. The van der Waals surface area contributed by atoms with E-state index in [1.807, 2.05) is 41.2 Å². The van der Waals surface area contributed by atoms with Crippen LogP contribution in [0.15, 0.2) is 42.7 Å². The number of aromatic nitrogens is 2. The number of nitrogens with zero attached hydrogens (tertiary/aromatic N) is 2. The smallest absolute Gasteiger partial charge is 0.0645 e. The highest BCUT2D eigenvalue weighted by molar-refractivity contribution is 7.85. The molecule has 1 saturated heterocycles. The molecule has 0 aliphatic carbocycles. The molecule has 0 amide bonds. The monoisotopic (exact) mass is 303 g/mol. The third-order valence-electron chi connectivity index (χ3n) is 4.00. The van der Waals surface area contributed by atoms with E-state index in [1.54, 1.807) is 0 Å². The average molecular weight is 303 g/mol. The van der Waals surface area contributed by atoms with Gasteiger partial charge in [-0.25, -0.2) is 4.68 Å². The second kappa shape index (κ2) is 6.54. The molecule has 2 aromatic rings. The van der Waals surface area contributed by atoms with Gasteiger partial charge in [0.25, 0.3) is 0 Å². The minimum Gasteiger partial charge on any atom is -0.307 e. The lowest BCUT2D eigenvalue weighted by atomic mass is 10.1. The Morgan fingerprint density at radius 1 is 1.29 bits per heavy atom. The van der Waals surface area contributed by atoms with Crippen molar-refractivity contribution in [2.24, 2.45) is 0 Å². The molecular weight excluding hydrogens is 282 g/mol. The molecule has 1 aromatic carbocycles. The second-order valence-corrected chi connectivity index (χ2v) is 7.26. The van der Waals surface area contributed by atoms with Gasteiger partial charge in [0.05, 0.1) is 11.9 Å². The Morgan fingerprint density at radius 3 is 2.71 bits per heavy atom. The van der Waals surface area contributed by atoms with Crippen LogP contribution >= 0.6 is 0 Å². The Balaban J connectivity index is 1.64. The quantitative estimate of drug-likeness (QED) is 0.943. The molecule has 112 valence electrons. The van der Waals surface area contributed by atoms with Crippen LogP contribution in [0.4, 0.5) is 0 Å². The Morgan fingerprint density at radius 2 is 2.00 bits per heavy atom. The molecule has 1 fully saturated rings. The maximum absolute atomic E-state index is 11.4. The molecule has 3 rings (SSSR count). The SMILES string of the molecule is CC(NC1CCS(=O)CC1)c1cnn(-c2ccccc2)c1. The van der Waals surface area contributed by atoms with E-state index in [4.69, 9.17) is 0 Å². The first-order valence-electron chi connectivity index (χ1n) is 7.43. The first kappa shape index (κ1) is 14.5. The molecule has 0 saturated carbocycles. The highest BCUT2D eigenvalue weighted by Crippen LogP contribution is 2.18. The summed E-state index contributed by atoms with van der Waals surface area (Å²) < 4.78 is 13.3. The van der Waals surface area contributed by atoms with Gasteiger partial charge < -0.3 is 5.32 Å². The Labute approximate surface area is 128 Å². The fourth-order valence-electron chi connectivity index (χ4n) is 2.69. The first-order chi connectivity index (χ1) is 10.2. The average Bonchev–Trinajstić information content (AvgIpc) is 3.00. The lowest BCUT2D eigenvalue weighted by Gasteiger charge is -2.25. The lowest BCUT2D eigenvalue weighted by Crippen LogP contribution is -2.37. The highest BCUT2D eigenvalue weighted by atomic mass is 32.2. The van der Waals surface area contributed by atoms with E-state index >= 15 is 0 Å². The predicted molar refractivity (Wildman–Crippen MR) is 86.0 cm³/mol. The Hall–Kier alpha value is -1.46. The van der Waals surface area contributed by atoms with Gasteiger partial charge >= 0.3 is 0 Å². The standard InChI is InChI=1S/C16H21N3OS/c1-13(18-15-7-9-21(20)10-8-15)14-11-17-19(12-14)16-5-3-2-4-6-16/h2-6,11-13,15,18H,7-10H2,1H3. The molecule has 5 heteroatoms. The third kappa shape index (κ3) is 3.60. The van der Waals surface area contributed by atoms with Crippen LogP contribution in [-0.2, 0) is 10.8 Å². The summed E-state index contributed by atoms with van der Waals surface area (Å²) in [5, 5.41) is 8.07. The zero-order chi connectivity index (χ0) is 14.7. The molecular formula is C16H21N3OS. The summed E-state index contributed by atoms with van der Waals surface area (Å²) in [6.45, 7) is 2.16. The molecule has 4 nitrogen and oxygen atoms in total. The van der Waals surface area contributed by atoms with Crippen molar-refractivity contribution in [2.45, 2.75) is 31.8 Å². The Bertz CT molecular complexity index is 601. The summed E-state index contributed by atoms with van der Waals surface area (Å²) in [7, 11) is -0.597. The summed E-state index contributed by atoms with van der Waals surface area (Å²) >= 11 is 0. The van der Waals surface area contributed by atoms with E-state index in [2.05, 4.69) is 23.5 Å². The molecule has 0 radical (unpaired) electrons. The summed E-state index contributed by atoms with van der Waals surface area (Å²) in [5.74, 6) is 1.65. The summed E-state index contributed by atoms with van der Waals surface area (Å²) in [6.07, 6.45) is 6.01. The largest absolute Gasteiger partial charge is 0.307 e. The molecule has 1 aliphatic rings. The molecule has 1 atom stereocenters. The van der Waals surface area contributed by atoms with Gasteiger partial charge in [0, 0.05) is 46.1 Å². The number of nitrogens with one attached hydrogen (secondary N) is 1. The van der Waals surface area contributed by atoms with Gasteiger partial charge in [-0.15, -0.1) is 0 Å². The molecule has 21 heavy (non-hydrogen) atoms. The van der Waals surface area contributed by atoms with Gasteiger partial charge in [-0.1, -0.05) is 18.2 Å². The zero-order valence-electron chi connectivity index (χ0n) is 12.2. The number of para-hydroxylation sites is 1. The van der Waals surface area contributed by atoms with E-state index in [0.29, 0.717) is 6.04 Å². The van der Waals surface area contributed by atoms with Crippen molar-refractivity contribution < 1.29 is 4.21 Å². The summed E-state index contributed by atoms with van der Waals surface area (Å²) in [5.41, 5.74) is 2.26. The van der Waals surface area contributed by atoms with E-state index in [-0.39, 0.29) is 6.04 Å². The molecule has 1 aromatic heterocycles. The topological polar surface area (TPSA) is 46.9 Å². The fourth-order valence-corrected chi connectivity index (χ4v) is 3.99. The van der Waals surface area contributed by atoms with Crippen molar-refractivity contribution in [3.05, 3.63) is 48.3 Å². The van der Waals surface area contributed by atoms with Gasteiger partial charge in [0.15, 0.2) is 0 Å². The van der Waals surface area contributed by atoms with Gasteiger partial charge in [0.2, 0.25) is 0 Å². The van der Waals surface area contributed by atoms with Gasteiger partial charge in [-0.3, -0.25) is 4.21 Å². The van der Waals surface area contributed by atoms with Crippen LogP contribution in [0.5, 0.6) is 0 Å². The lowest BCUT2D eigenvalue weighted by molar-refractivity contribution is 0.427. The predicted octanol–water partition coefficient (Wildman–Crippen LogP) is 2.43. The molecule has 1 aliphatic heterocycles. The maximum Gasteiger partial charge on any atom is 0.0645 e. The van der Waals surface area contributed by atoms with Gasteiger partial charge in [-0.2, -0.15) is 5.10 Å². The molecule has 1 N–H and O–H groups in total. The van der Waals surface area contributed by atoms with E-state index in [9.17, 15) is 4.21 Å². The minimum atomic E-state index is -0.597. The van der Waals surface area contributed by atoms with Gasteiger partial charge in [0.1, 0.15) is 0 Å². The van der Waals surface area contributed by atoms with Crippen molar-refractivity contribution in [3.8, 4) is 5.69 Å². The van der Waals surface area contributed by atoms with Crippen molar-refractivity contribution in [2.75, 3.05) is 11.5 Å². The molecule has 0 bridgehead atoms. The van der Waals surface area contributed by atoms with Crippen molar-refractivity contribution in [3.63, 3.8) is 0 Å². The van der Waals surface area contributed by atoms with Crippen LogP contribution < -0.4 is 5.32 Å². The number of benzene rings is 1. The Kier molecular flexibility index (Phi) is 4.51. The van der Waals surface area contributed by atoms with Gasteiger partial charge in [-0.05, 0) is 31.9 Å². The zero-order valence-corrected chi connectivity index (χ0v) is 13.1. The van der Waals surface area contributed by atoms with E-state index in [0.717, 1.165) is 30.0 Å². The number of hydrogen-bond acceptors (Lipinski definition) is 3. The van der Waals surface area contributed by atoms with Crippen molar-refractivity contribution >= 4 is 10.8 Å². The van der Waals surface area contributed by atoms with Crippen LogP contribution in [0.3, 0.4) is 0 Å². The van der Waals surface area contributed by atoms with Crippen LogP contribution in [0.2, 0.25) is 0 Å². The van der Waals surface area contributed by atoms with Crippen LogP contribution in [0.1, 0.15) is 31.4 Å². The van der Waals surface area contributed by atoms with Crippen LogP contribution in [0, 0.1) is 0 Å².